The van der Waals surface area contributed by atoms with Crippen LogP contribution >= 0.6 is 11.3 Å². The Balaban J connectivity index is 1.75. The van der Waals surface area contributed by atoms with Gasteiger partial charge in [0.05, 0.1) is 13.5 Å². The van der Waals surface area contributed by atoms with E-state index in [0.29, 0.717) is 17.5 Å². The second kappa shape index (κ2) is 12.6. The third kappa shape index (κ3) is 6.83. The number of carbonyl (C=O) groups is 4. The molecule has 11 heteroatoms. The summed E-state index contributed by atoms with van der Waals surface area (Å²) in [5, 5.41) is 1.05. The van der Waals surface area contributed by atoms with E-state index < -0.39 is 60.2 Å². The van der Waals surface area contributed by atoms with E-state index in [1.807, 2.05) is 30.3 Å². The molecule has 4 rings (SSSR count). The highest BCUT2D eigenvalue weighted by molar-refractivity contribution is 7.19. The molecule has 9 nitrogen and oxygen atoms in total. The Morgan fingerprint density at radius 1 is 0.875 bits per heavy atom. The molecule has 1 aliphatic heterocycles. The molecule has 2 aromatic carbocycles. The number of benzene rings is 2. The van der Waals surface area contributed by atoms with Gasteiger partial charge in [-0.1, -0.05) is 24.3 Å². The van der Waals surface area contributed by atoms with E-state index in [4.69, 9.17) is 23.7 Å². The van der Waals surface area contributed by atoms with E-state index in [9.17, 15) is 19.2 Å². The maximum absolute atomic E-state index is 15.0. The maximum Gasteiger partial charge on any atom is 0.308 e. The van der Waals surface area contributed by atoms with Crippen LogP contribution in [0.25, 0.3) is 10.1 Å². The number of hydrogen-bond donors (Lipinski definition) is 0. The molecular weight excluding hydrogens is 543 g/mol. The highest BCUT2D eigenvalue weighted by atomic mass is 32.1. The van der Waals surface area contributed by atoms with Gasteiger partial charge in [0.25, 0.3) is 0 Å². The summed E-state index contributed by atoms with van der Waals surface area (Å²) in [4.78, 5) is 49.4. The molecule has 40 heavy (non-hydrogen) atoms. The molecule has 1 saturated heterocycles. The van der Waals surface area contributed by atoms with Crippen LogP contribution in [0.4, 0.5) is 4.39 Å². The fraction of sp³-hybridized carbons (Fsp3) is 0.379. The van der Waals surface area contributed by atoms with Crippen molar-refractivity contribution in [1.82, 2.24) is 0 Å². The van der Waals surface area contributed by atoms with E-state index in [2.05, 4.69) is 0 Å². The maximum atomic E-state index is 15.0. The Morgan fingerprint density at radius 3 is 2.17 bits per heavy atom. The number of esters is 4. The highest BCUT2D eigenvalue weighted by Crippen LogP contribution is 2.39. The zero-order chi connectivity index (χ0) is 29.0. The molecular formula is C29H29FO9S. The van der Waals surface area contributed by atoms with E-state index in [1.54, 1.807) is 17.4 Å². The van der Waals surface area contributed by atoms with Crippen LogP contribution in [-0.4, -0.2) is 55.4 Å². The minimum absolute atomic E-state index is 0.291. The lowest BCUT2D eigenvalue weighted by Crippen LogP contribution is -2.58. The lowest BCUT2D eigenvalue weighted by Gasteiger charge is -2.44. The second-order valence-corrected chi connectivity index (χ2v) is 10.5. The average Bonchev–Trinajstić information content (AvgIpc) is 3.30. The molecule has 0 radical (unpaired) electrons. The molecule has 3 aromatic rings. The standard InChI is InChI=1S/C29H29FO9S/c1-15(31)36-27-23(14-25(34)35-4)39-26(28(37-16(2)32)29(27)38-17(3)33)19-9-10-22(30)20(11-19)13-21-12-18-7-5-6-8-24(18)40-21/h5-12,23,26-29H,13-14H2,1-4H3/t23-,26+,27-,28+,29-/m1/s1. The molecule has 0 unspecified atom stereocenters. The largest absolute Gasteiger partial charge is 0.469 e. The normalized spacial score (nSPS) is 22.4. The first-order valence-corrected chi connectivity index (χ1v) is 13.4. The number of carbonyl (C=O) groups excluding carboxylic acids is 4. The van der Waals surface area contributed by atoms with Crippen molar-refractivity contribution in [2.75, 3.05) is 7.11 Å². The van der Waals surface area contributed by atoms with Crippen LogP contribution in [0.3, 0.4) is 0 Å². The molecule has 2 heterocycles. The number of halogens is 1. The first kappa shape index (κ1) is 29.2. The van der Waals surface area contributed by atoms with Gasteiger partial charge in [-0.05, 0) is 40.8 Å². The number of rotatable bonds is 8. The molecule has 5 atom stereocenters. The summed E-state index contributed by atoms with van der Waals surface area (Å²) in [5.41, 5.74) is 0.780. The van der Waals surface area contributed by atoms with E-state index in [0.717, 1.165) is 28.8 Å². The predicted molar refractivity (Wildman–Crippen MR) is 142 cm³/mol. The van der Waals surface area contributed by atoms with Crippen molar-refractivity contribution in [3.8, 4) is 0 Å². The molecule has 0 amide bonds. The quantitative estimate of drug-likeness (QED) is 0.286. The molecule has 1 fully saturated rings. The molecule has 0 aliphatic carbocycles. The molecule has 0 saturated carbocycles. The zero-order valence-electron chi connectivity index (χ0n) is 22.4. The number of methoxy groups -OCH3 is 1. The summed E-state index contributed by atoms with van der Waals surface area (Å²) in [5.74, 6) is -3.29. The number of thiophene rings is 1. The van der Waals surface area contributed by atoms with Gasteiger partial charge in [-0.2, -0.15) is 0 Å². The fourth-order valence-corrected chi connectivity index (χ4v) is 5.88. The van der Waals surface area contributed by atoms with Gasteiger partial charge in [0.15, 0.2) is 18.3 Å². The average molecular weight is 573 g/mol. The number of hydrogen-bond acceptors (Lipinski definition) is 10. The molecule has 1 aromatic heterocycles. The predicted octanol–water partition coefficient (Wildman–Crippen LogP) is 4.43. The minimum Gasteiger partial charge on any atom is -0.469 e. The Kier molecular flexibility index (Phi) is 9.16. The number of ether oxygens (including phenoxy) is 5. The first-order chi connectivity index (χ1) is 19.0. The van der Waals surface area contributed by atoms with Crippen molar-refractivity contribution in [2.45, 2.75) is 64.1 Å². The highest BCUT2D eigenvalue weighted by Gasteiger charge is 2.52. The summed E-state index contributed by atoms with van der Waals surface area (Å²) in [6, 6.07) is 14.2. The third-order valence-corrected chi connectivity index (χ3v) is 7.49. The molecule has 0 spiro atoms. The van der Waals surface area contributed by atoms with Crippen molar-refractivity contribution in [2.24, 2.45) is 0 Å². The fourth-order valence-electron chi connectivity index (χ4n) is 4.79. The molecule has 0 bridgehead atoms. The molecule has 212 valence electrons. The van der Waals surface area contributed by atoms with Crippen molar-refractivity contribution in [3.05, 3.63) is 70.4 Å². The van der Waals surface area contributed by atoms with Gasteiger partial charge in [0.1, 0.15) is 18.0 Å². The van der Waals surface area contributed by atoms with Gasteiger partial charge in [-0.25, -0.2) is 4.39 Å². The van der Waals surface area contributed by atoms with Crippen molar-refractivity contribution in [1.29, 1.82) is 0 Å². The van der Waals surface area contributed by atoms with Gasteiger partial charge >= 0.3 is 23.9 Å². The summed E-state index contributed by atoms with van der Waals surface area (Å²) in [7, 11) is 1.19. The first-order valence-electron chi connectivity index (χ1n) is 12.6. The Hall–Kier alpha value is -3.83. The Morgan fingerprint density at radius 2 is 1.52 bits per heavy atom. The second-order valence-electron chi connectivity index (χ2n) is 9.38. The molecule has 1 aliphatic rings. The van der Waals surface area contributed by atoms with E-state index >= 15 is 4.39 Å². The number of fused-ring (bicyclic) bond motifs is 1. The van der Waals surface area contributed by atoms with Crippen LogP contribution in [0.2, 0.25) is 0 Å². The Labute approximate surface area is 234 Å². The summed E-state index contributed by atoms with van der Waals surface area (Å²) >= 11 is 1.55. The zero-order valence-corrected chi connectivity index (χ0v) is 23.2. The molecule has 0 N–H and O–H groups in total. The van der Waals surface area contributed by atoms with E-state index in [1.165, 1.54) is 26.2 Å². The lowest BCUT2D eigenvalue weighted by molar-refractivity contribution is -0.250. The lowest BCUT2D eigenvalue weighted by atomic mass is 9.88. The van der Waals surface area contributed by atoms with Crippen LogP contribution in [0.5, 0.6) is 0 Å². The van der Waals surface area contributed by atoms with Gasteiger partial charge in [0, 0.05) is 36.8 Å². The Bertz CT molecular complexity index is 1380. The van der Waals surface area contributed by atoms with E-state index in [-0.39, 0.29) is 6.42 Å². The smallest absolute Gasteiger partial charge is 0.308 e. The van der Waals surface area contributed by atoms with Gasteiger partial charge in [-0.15, -0.1) is 11.3 Å². The monoisotopic (exact) mass is 572 g/mol. The van der Waals surface area contributed by atoms with Crippen LogP contribution in [0.15, 0.2) is 48.5 Å². The summed E-state index contributed by atoms with van der Waals surface area (Å²) in [6.45, 7) is 3.46. The van der Waals surface area contributed by atoms with Crippen LogP contribution < -0.4 is 0 Å². The van der Waals surface area contributed by atoms with Crippen molar-refractivity contribution < 1.29 is 47.3 Å². The summed E-state index contributed by atoms with van der Waals surface area (Å²) in [6.07, 6.45) is -6.19. The SMILES string of the molecule is COC(=O)C[C@H]1O[C@@H](c2ccc(F)c(Cc3cc4ccccc4s3)c2)[C@H](OC(C)=O)[C@H](OC(C)=O)[C@@H]1OC(C)=O. The van der Waals surface area contributed by atoms with Crippen molar-refractivity contribution in [3.63, 3.8) is 0 Å². The minimum atomic E-state index is -1.32. The van der Waals surface area contributed by atoms with Gasteiger partial charge in [-0.3, -0.25) is 19.2 Å². The topological polar surface area (TPSA) is 114 Å². The third-order valence-electron chi connectivity index (χ3n) is 6.38. The van der Waals surface area contributed by atoms with Crippen LogP contribution in [0.1, 0.15) is 49.3 Å². The van der Waals surface area contributed by atoms with Crippen molar-refractivity contribution >= 4 is 45.3 Å². The summed E-state index contributed by atoms with van der Waals surface area (Å²) < 4.78 is 43.6. The van der Waals surface area contributed by atoms with Crippen LogP contribution in [-0.2, 0) is 49.3 Å². The van der Waals surface area contributed by atoms with Gasteiger partial charge in [0.2, 0.25) is 0 Å². The van der Waals surface area contributed by atoms with Gasteiger partial charge < -0.3 is 23.7 Å². The van der Waals surface area contributed by atoms with Crippen LogP contribution in [0, 0.1) is 5.82 Å².